The van der Waals surface area contributed by atoms with Crippen molar-refractivity contribution in [2.45, 2.75) is 18.4 Å². The van der Waals surface area contributed by atoms with Crippen LogP contribution >= 0.6 is 0 Å². The summed E-state index contributed by atoms with van der Waals surface area (Å²) < 4.78 is 9.99. The van der Waals surface area contributed by atoms with Crippen LogP contribution in [-0.4, -0.2) is 43.5 Å². The van der Waals surface area contributed by atoms with E-state index in [2.05, 4.69) is 22.2 Å². The quantitative estimate of drug-likeness (QED) is 0.778. The number of aliphatic hydroxyl groups excluding tert-OH is 1. The number of aliphatic hydroxyl groups is 1. The molecule has 1 aliphatic carbocycles. The predicted octanol–water partition coefficient (Wildman–Crippen LogP) is 2.45. The molecule has 0 spiro atoms. The van der Waals surface area contributed by atoms with E-state index in [1.165, 1.54) is 7.11 Å². The van der Waals surface area contributed by atoms with Crippen LogP contribution in [0.4, 0.5) is 4.79 Å². The molecule has 2 aromatic carbocycles. The van der Waals surface area contributed by atoms with Crippen LogP contribution in [0.3, 0.4) is 0 Å². The molecule has 0 unspecified atom stereocenters. The fourth-order valence-electron chi connectivity index (χ4n) is 3.30. The van der Waals surface area contributed by atoms with Gasteiger partial charge in [0.05, 0.1) is 7.11 Å². The number of hydrogen-bond donors (Lipinski definition) is 2. The molecular weight excluding hydrogens is 334 g/mol. The Balaban J connectivity index is 1.70. The van der Waals surface area contributed by atoms with Crippen molar-refractivity contribution in [2.24, 2.45) is 0 Å². The van der Waals surface area contributed by atoms with E-state index in [9.17, 15) is 9.59 Å². The highest BCUT2D eigenvalue weighted by atomic mass is 16.6. The van der Waals surface area contributed by atoms with Crippen molar-refractivity contribution in [2.75, 3.05) is 20.3 Å². The Bertz CT molecular complexity index is 759. The van der Waals surface area contributed by atoms with E-state index in [0.29, 0.717) is 0 Å². The lowest BCUT2D eigenvalue weighted by Crippen LogP contribution is -2.42. The van der Waals surface area contributed by atoms with Crippen molar-refractivity contribution in [3.05, 3.63) is 59.7 Å². The van der Waals surface area contributed by atoms with E-state index in [0.717, 1.165) is 22.3 Å². The standard InChI is InChI=1S/C20H21NO5/c1-25-19(23)18(10-11-22)21-20(24)26-12-17-15-8-4-2-6-13(15)14-7-3-5-9-16(14)17/h2-9,17-18,22H,10-12H2,1H3,(H,21,24)/t18-/m0/s1. The van der Waals surface area contributed by atoms with Crippen LogP contribution in [0.25, 0.3) is 11.1 Å². The van der Waals surface area contributed by atoms with Crippen LogP contribution in [0.5, 0.6) is 0 Å². The molecule has 2 aromatic rings. The number of amides is 1. The van der Waals surface area contributed by atoms with Gasteiger partial charge in [0.1, 0.15) is 12.6 Å². The maximum Gasteiger partial charge on any atom is 0.407 e. The lowest BCUT2D eigenvalue weighted by atomic mass is 9.98. The normalized spacial score (nSPS) is 13.5. The number of benzene rings is 2. The summed E-state index contributed by atoms with van der Waals surface area (Å²) in [7, 11) is 1.23. The zero-order valence-corrected chi connectivity index (χ0v) is 14.5. The maximum atomic E-state index is 12.1. The molecule has 0 aromatic heterocycles. The lowest BCUT2D eigenvalue weighted by molar-refractivity contribution is -0.143. The van der Waals surface area contributed by atoms with Crippen LogP contribution in [0.1, 0.15) is 23.5 Å². The lowest BCUT2D eigenvalue weighted by Gasteiger charge is -2.17. The maximum absolute atomic E-state index is 12.1. The van der Waals surface area contributed by atoms with Crippen molar-refractivity contribution in [1.82, 2.24) is 5.32 Å². The summed E-state index contributed by atoms with van der Waals surface area (Å²) in [5.41, 5.74) is 4.51. The topological polar surface area (TPSA) is 84.9 Å². The highest BCUT2D eigenvalue weighted by Crippen LogP contribution is 2.44. The highest BCUT2D eigenvalue weighted by Gasteiger charge is 2.29. The van der Waals surface area contributed by atoms with Gasteiger partial charge in [0, 0.05) is 18.9 Å². The first-order valence-corrected chi connectivity index (χ1v) is 8.46. The van der Waals surface area contributed by atoms with Crippen LogP contribution in [0.2, 0.25) is 0 Å². The molecule has 0 heterocycles. The van der Waals surface area contributed by atoms with Crippen molar-refractivity contribution in [3.63, 3.8) is 0 Å². The monoisotopic (exact) mass is 355 g/mol. The number of carbonyl (C=O) groups is 2. The van der Waals surface area contributed by atoms with E-state index >= 15 is 0 Å². The average Bonchev–Trinajstić information content (AvgIpc) is 2.99. The summed E-state index contributed by atoms with van der Waals surface area (Å²) in [4.78, 5) is 23.7. The van der Waals surface area contributed by atoms with E-state index < -0.39 is 18.1 Å². The summed E-state index contributed by atoms with van der Waals surface area (Å²) >= 11 is 0. The first-order chi connectivity index (χ1) is 12.7. The van der Waals surface area contributed by atoms with Gasteiger partial charge >= 0.3 is 12.1 Å². The molecule has 3 rings (SSSR count). The summed E-state index contributed by atoms with van der Waals surface area (Å²) in [6, 6.07) is 15.2. The minimum absolute atomic E-state index is 0.0532. The van der Waals surface area contributed by atoms with Gasteiger partial charge in [-0.05, 0) is 22.3 Å². The number of rotatable bonds is 6. The molecule has 6 heteroatoms. The van der Waals surface area contributed by atoms with Crippen LogP contribution in [-0.2, 0) is 14.3 Å². The third kappa shape index (κ3) is 3.55. The number of hydrogen-bond acceptors (Lipinski definition) is 5. The Kier molecular flexibility index (Phi) is 5.53. The first-order valence-electron chi connectivity index (χ1n) is 8.46. The Morgan fingerprint density at radius 1 is 1.08 bits per heavy atom. The molecule has 6 nitrogen and oxygen atoms in total. The number of carbonyl (C=O) groups excluding carboxylic acids is 2. The van der Waals surface area contributed by atoms with Crippen LogP contribution in [0.15, 0.2) is 48.5 Å². The molecule has 0 radical (unpaired) electrons. The summed E-state index contributed by atoms with van der Waals surface area (Å²) in [6.07, 6.45) is -0.646. The molecule has 0 saturated heterocycles. The van der Waals surface area contributed by atoms with Gasteiger partial charge in [0.25, 0.3) is 0 Å². The fourth-order valence-corrected chi connectivity index (χ4v) is 3.30. The first kappa shape index (κ1) is 17.9. The number of methoxy groups -OCH3 is 1. The van der Waals surface area contributed by atoms with Gasteiger partial charge in [-0.1, -0.05) is 48.5 Å². The molecule has 0 bridgehead atoms. The second-order valence-electron chi connectivity index (χ2n) is 6.06. The van der Waals surface area contributed by atoms with Gasteiger partial charge in [-0.2, -0.15) is 0 Å². The average molecular weight is 355 g/mol. The minimum Gasteiger partial charge on any atom is -0.467 e. The number of fused-ring (bicyclic) bond motifs is 3. The van der Waals surface area contributed by atoms with Crippen molar-refractivity contribution < 1.29 is 24.2 Å². The van der Waals surface area contributed by atoms with Gasteiger partial charge < -0.3 is 19.9 Å². The van der Waals surface area contributed by atoms with Gasteiger partial charge in [0.15, 0.2) is 0 Å². The second-order valence-corrected chi connectivity index (χ2v) is 6.06. The Morgan fingerprint density at radius 3 is 2.19 bits per heavy atom. The SMILES string of the molecule is COC(=O)[C@H](CCO)NC(=O)OCC1c2ccccc2-c2ccccc21. The molecular formula is C20H21NO5. The largest absolute Gasteiger partial charge is 0.467 e. The van der Waals surface area contributed by atoms with E-state index in [-0.39, 0.29) is 25.6 Å². The molecule has 1 atom stereocenters. The summed E-state index contributed by atoms with van der Waals surface area (Å²) in [5, 5.41) is 11.5. The van der Waals surface area contributed by atoms with Crippen molar-refractivity contribution in [3.8, 4) is 11.1 Å². The Labute approximate surface area is 151 Å². The molecule has 0 saturated carbocycles. The highest BCUT2D eigenvalue weighted by molar-refractivity contribution is 5.82. The fraction of sp³-hybridized carbons (Fsp3) is 0.300. The molecule has 1 aliphatic rings. The van der Waals surface area contributed by atoms with Gasteiger partial charge in [-0.3, -0.25) is 0 Å². The number of nitrogens with one attached hydrogen (secondary N) is 1. The predicted molar refractivity (Wildman–Crippen MR) is 95.7 cm³/mol. The number of esters is 1. The zero-order chi connectivity index (χ0) is 18.5. The molecule has 136 valence electrons. The molecule has 2 N–H and O–H groups in total. The molecule has 0 aliphatic heterocycles. The second kappa shape index (κ2) is 8.01. The number of alkyl carbamates (subject to hydrolysis) is 1. The van der Waals surface area contributed by atoms with Crippen molar-refractivity contribution in [1.29, 1.82) is 0 Å². The van der Waals surface area contributed by atoms with Crippen LogP contribution < -0.4 is 5.32 Å². The third-order valence-corrected chi connectivity index (χ3v) is 4.54. The van der Waals surface area contributed by atoms with Gasteiger partial charge in [-0.25, -0.2) is 9.59 Å². The smallest absolute Gasteiger partial charge is 0.407 e. The van der Waals surface area contributed by atoms with Crippen LogP contribution in [0, 0.1) is 0 Å². The zero-order valence-electron chi connectivity index (χ0n) is 14.5. The van der Waals surface area contributed by atoms with Gasteiger partial charge in [-0.15, -0.1) is 0 Å². The minimum atomic E-state index is -0.930. The van der Waals surface area contributed by atoms with E-state index in [1.54, 1.807) is 0 Å². The molecule has 1 amide bonds. The van der Waals surface area contributed by atoms with E-state index in [4.69, 9.17) is 9.84 Å². The van der Waals surface area contributed by atoms with Gasteiger partial charge in [0.2, 0.25) is 0 Å². The number of ether oxygens (including phenoxy) is 2. The van der Waals surface area contributed by atoms with E-state index in [1.807, 2.05) is 36.4 Å². The third-order valence-electron chi connectivity index (χ3n) is 4.54. The van der Waals surface area contributed by atoms with Crippen molar-refractivity contribution >= 4 is 12.1 Å². The summed E-state index contributed by atoms with van der Waals surface area (Å²) in [6.45, 7) is -0.0870. The molecule has 0 fully saturated rings. The Hall–Kier alpha value is -2.86. The Morgan fingerprint density at radius 2 is 1.65 bits per heavy atom. The summed E-state index contributed by atoms with van der Waals surface area (Å²) in [5.74, 6) is -0.671. The molecule has 26 heavy (non-hydrogen) atoms.